The molecule has 0 bridgehead atoms. The van der Waals surface area contributed by atoms with Crippen molar-refractivity contribution in [1.29, 1.82) is 5.41 Å². The number of piperazine rings is 2. The summed E-state index contributed by atoms with van der Waals surface area (Å²) in [7, 11) is 0. The van der Waals surface area contributed by atoms with Crippen molar-refractivity contribution in [2.75, 3.05) is 90.4 Å². The highest BCUT2D eigenvalue weighted by Gasteiger charge is 2.31. The number of hydrogen-bond acceptors (Lipinski definition) is 10. The Balaban J connectivity index is 0.771. The Morgan fingerprint density at radius 3 is 2.10 bits per heavy atom. The van der Waals surface area contributed by atoms with Crippen LogP contribution >= 0.6 is 0 Å². The molecule has 1 aliphatic carbocycles. The third-order valence-corrected chi connectivity index (χ3v) is 13.5. The van der Waals surface area contributed by atoms with Crippen LogP contribution in [0.25, 0.3) is 11.1 Å². The van der Waals surface area contributed by atoms with Gasteiger partial charge in [-0.25, -0.2) is 9.37 Å². The molecule has 3 aromatic carbocycles. The molecular formula is C51H61FN10O5. The normalized spacial score (nSPS) is 17.3. The number of hydrogen-bond donors (Lipinski definition) is 4. The number of pyridine rings is 1. The predicted octanol–water partition coefficient (Wildman–Crippen LogP) is 4.30. The summed E-state index contributed by atoms with van der Waals surface area (Å²) in [5, 5.41) is 14.8. The molecule has 0 radical (unpaired) electrons. The number of aryl methyl sites for hydroxylation is 1. The van der Waals surface area contributed by atoms with E-state index in [1.165, 1.54) is 23.8 Å². The number of aromatic nitrogens is 1. The third kappa shape index (κ3) is 12.0. The highest BCUT2D eigenvalue weighted by Crippen LogP contribution is 2.28. The van der Waals surface area contributed by atoms with Crippen LogP contribution in [-0.2, 0) is 22.4 Å². The zero-order chi connectivity index (χ0) is 47.0. The fourth-order valence-electron chi connectivity index (χ4n) is 9.27. The van der Waals surface area contributed by atoms with Gasteiger partial charge in [0.05, 0.1) is 24.3 Å². The Kier molecular flexibility index (Phi) is 15.1. The number of amides is 5. The molecule has 5 amide bonds. The van der Waals surface area contributed by atoms with Gasteiger partial charge < -0.3 is 41.4 Å². The van der Waals surface area contributed by atoms with E-state index in [2.05, 4.69) is 44.5 Å². The average molecular weight is 913 g/mol. The summed E-state index contributed by atoms with van der Waals surface area (Å²) in [6, 6.07) is 21.3. The Hall–Kier alpha value is -6.36. The third-order valence-electron chi connectivity index (χ3n) is 13.5. The number of rotatable bonds is 16. The van der Waals surface area contributed by atoms with Crippen LogP contribution < -0.4 is 16.4 Å². The smallest absolute Gasteiger partial charge is 0.274 e. The van der Waals surface area contributed by atoms with Crippen LogP contribution in [0.1, 0.15) is 80.5 Å². The van der Waals surface area contributed by atoms with Gasteiger partial charge in [-0.2, -0.15) is 0 Å². The molecule has 5 N–H and O–H groups in total. The van der Waals surface area contributed by atoms with Gasteiger partial charge in [0.2, 0.25) is 17.7 Å². The average Bonchev–Trinajstić information content (AvgIpc) is 4.19. The number of nitrogens with zero attached hydrogens (tertiary/aromatic N) is 6. The van der Waals surface area contributed by atoms with Crippen molar-refractivity contribution in [3.63, 3.8) is 0 Å². The number of halogens is 1. The monoisotopic (exact) mass is 912 g/mol. The maximum Gasteiger partial charge on any atom is 0.274 e. The van der Waals surface area contributed by atoms with Gasteiger partial charge in [0.25, 0.3) is 11.8 Å². The van der Waals surface area contributed by atoms with Crippen molar-refractivity contribution < 1.29 is 28.4 Å². The van der Waals surface area contributed by atoms with Crippen molar-refractivity contribution in [2.45, 2.75) is 51.5 Å². The topological polar surface area (TPSA) is 188 Å². The molecule has 4 aliphatic rings. The number of primary amides is 1. The van der Waals surface area contributed by atoms with E-state index in [4.69, 9.17) is 11.1 Å². The van der Waals surface area contributed by atoms with Gasteiger partial charge in [-0.3, -0.25) is 28.9 Å². The number of nitrogens with one attached hydrogen (secondary N) is 3. The lowest BCUT2D eigenvalue weighted by atomic mass is 9.95. The summed E-state index contributed by atoms with van der Waals surface area (Å²) < 4.78 is 15.0. The van der Waals surface area contributed by atoms with Crippen molar-refractivity contribution >= 4 is 40.9 Å². The Morgan fingerprint density at radius 2 is 1.40 bits per heavy atom. The van der Waals surface area contributed by atoms with Crippen LogP contribution in [0.4, 0.5) is 10.1 Å². The lowest BCUT2D eigenvalue weighted by Crippen LogP contribution is -2.55. The van der Waals surface area contributed by atoms with Crippen molar-refractivity contribution in [3.8, 4) is 11.1 Å². The maximum atomic E-state index is 15.0. The van der Waals surface area contributed by atoms with E-state index < -0.39 is 17.6 Å². The van der Waals surface area contributed by atoms with Crippen LogP contribution in [0.5, 0.6) is 0 Å². The minimum Gasteiger partial charge on any atom is -0.366 e. The number of carbonyl (C=O) groups is 5. The van der Waals surface area contributed by atoms with E-state index in [1.807, 2.05) is 23.1 Å². The lowest BCUT2D eigenvalue weighted by molar-refractivity contribution is -0.134. The molecular weight excluding hydrogens is 852 g/mol. The SMILES string of the molecule is CCc1cccc(-c2cnc(C(=O)N3CCC(CN4CCN(CC(=O)N5CCN(C(=O)c6cc(CC(=N)c7ccccc7C(N)=O)ccc6F)CC5)CC4)CC3)c(NC(=O)CNC3CC3)c2)c1. The number of benzene rings is 3. The molecule has 4 aromatic rings. The quantitative estimate of drug-likeness (QED) is 0.119. The molecule has 0 unspecified atom stereocenters. The van der Waals surface area contributed by atoms with Crippen molar-refractivity contribution in [1.82, 2.24) is 34.8 Å². The van der Waals surface area contributed by atoms with E-state index in [-0.39, 0.29) is 66.3 Å². The molecule has 67 heavy (non-hydrogen) atoms. The number of carbonyl (C=O) groups excluding carboxylic acids is 5. The summed E-state index contributed by atoms with van der Waals surface area (Å²) in [6.45, 7) is 9.19. The van der Waals surface area contributed by atoms with E-state index in [0.717, 1.165) is 76.0 Å². The minimum atomic E-state index is -0.659. The largest absolute Gasteiger partial charge is 0.366 e. The number of anilines is 1. The van der Waals surface area contributed by atoms with E-state index in [1.54, 1.807) is 40.3 Å². The van der Waals surface area contributed by atoms with Gasteiger partial charge in [0.15, 0.2) is 5.69 Å². The number of nitrogens with two attached hydrogens (primary N) is 1. The van der Waals surface area contributed by atoms with Gasteiger partial charge in [-0.05, 0) is 79.0 Å². The second kappa shape index (κ2) is 21.5. The molecule has 15 nitrogen and oxygen atoms in total. The molecule has 0 atom stereocenters. The molecule has 1 saturated carbocycles. The Bertz CT molecular complexity index is 2490. The molecule has 0 spiro atoms. The van der Waals surface area contributed by atoms with Gasteiger partial charge in [-0.15, -0.1) is 0 Å². The van der Waals surface area contributed by atoms with Gasteiger partial charge >= 0.3 is 0 Å². The molecule has 3 aliphatic heterocycles. The van der Waals surface area contributed by atoms with Crippen LogP contribution in [0, 0.1) is 17.1 Å². The molecule has 4 fully saturated rings. The first-order valence-corrected chi connectivity index (χ1v) is 23.6. The zero-order valence-corrected chi connectivity index (χ0v) is 38.3. The second-order valence-corrected chi connectivity index (χ2v) is 18.2. The number of piperidine rings is 1. The first-order valence-electron chi connectivity index (χ1n) is 23.6. The Morgan fingerprint density at radius 1 is 0.716 bits per heavy atom. The molecule has 1 aromatic heterocycles. The van der Waals surface area contributed by atoms with Gasteiger partial charge in [0, 0.05) is 113 Å². The van der Waals surface area contributed by atoms with E-state index >= 15 is 4.39 Å². The predicted molar refractivity (Wildman–Crippen MR) is 255 cm³/mol. The first-order chi connectivity index (χ1) is 32.4. The highest BCUT2D eigenvalue weighted by molar-refractivity contribution is 6.09. The molecule has 16 heteroatoms. The highest BCUT2D eigenvalue weighted by atomic mass is 19.1. The van der Waals surface area contributed by atoms with Gasteiger partial charge in [-0.1, -0.05) is 55.5 Å². The summed E-state index contributed by atoms with van der Waals surface area (Å²) >= 11 is 0. The van der Waals surface area contributed by atoms with Crippen LogP contribution in [0.2, 0.25) is 0 Å². The molecule has 352 valence electrons. The molecule has 3 saturated heterocycles. The van der Waals surface area contributed by atoms with Crippen LogP contribution in [0.15, 0.2) is 79.0 Å². The molecule has 4 heterocycles. The number of likely N-dealkylation sites (tertiary alicyclic amines) is 1. The summed E-state index contributed by atoms with van der Waals surface area (Å²) in [5.41, 5.74) is 10.4. The second-order valence-electron chi connectivity index (χ2n) is 18.2. The van der Waals surface area contributed by atoms with Crippen molar-refractivity contribution in [2.24, 2.45) is 11.7 Å². The van der Waals surface area contributed by atoms with E-state index in [0.29, 0.717) is 61.5 Å². The summed E-state index contributed by atoms with van der Waals surface area (Å²) in [5.74, 6) is -1.70. The maximum absolute atomic E-state index is 15.0. The zero-order valence-electron chi connectivity index (χ0n) is 38.3. The van der Waals surface area contributed by atoms with Gasteiger partial charge in [0.1, 0.15) is 5.82 Å². The van der Waals surface area contributed by atoms with E-state index in [9.17, 15) is 24.0 Å². The standard InChI is InChI=1S/C51H61FN10O5/c1-2-34-6-5-7-37(26-34)38-29-45(57-46(63)31-55-39-11-12-39)48(56-30-38)51(67)61-16-14-35(15-17-61)32-58-18-20-59(21-19-58)33-47(64)60-22-24-62(25-23-60)50(66)42-27-36(10-13-43(42)52)28-44(53)40-8-3-4-9-41(40)49(54)65/h3-10,13,26-27,29-30,35,39,53,55H,2,11-12,14-25,28,31-33H2,1H3,(H2,54,65)(H,57,63). The van der Waals surface area contributed by atoms with Crippen molar-refractivity contribution in [3.05, 3.63) is 118 Å². The fraction of sp³-hybridized carbons (Fsp3) is 0.431. The first kappa shape index (κ1) is 47.1. The fourth-order valence-corrected chi connectivity index (χ4v) is 9.27. The lowest BCUT2D eigenvalue weighted by Gasteiger charge is -2.40. The summed E-state index contributed by atoms with van der Waals surface area (Å²) in [4.78, 5) is 80.3. The molecule has 8 rings (SSSR count). The van der Waals surface area contributed by atoms with Crippen LogP contribution in [-0.4, -0.2) is 156 Å². The Labute approximate surface area is 391 Å². The summed E-state index contributed by atoms with van der Waals surface area (Å²) in [6.07, 6.45) is 6.58. The van der Waals surface area contributed by atoms with Crippen LogP contribution in [0.3, 0.4) is 0 Å². The minimum absolute atomic E-state index is 0.00740.